The van der Waals surface area contributed by atoms with E-state index in [1.54, 1.807) is 9.80 Å². The topological polar surface area (TPSA) is 78.5 Å². The summed E-state index contributed by atoms with van der Waals surface area (Å²) in [6, 6.07) is 13.8. The third-order valence-electron chi connectivity index (χ3n) is 5.63. The van der Waals surface area contributed by atoms with E-state index in [0.717, 1.165) is 27.7 Å². The van der Waals surface area contributed by atoms with Gasteiger partial charge in [-0.2, -0.15) is 5.10 Å². The van der Waals surface area contributed by atoms with E-state index in [9.17, 15) is 9.59 Å². The van der Waals surface area contributed by atoms with Gasteiger partial charge < -0.3 is 14.5 Å². The molecule has 172 valence electrons. The number of aromatic amines is 1. The van der Waals surface area contributed by atoms with Crippen LogP contribution in [0.3, 0.4) is 0 Å². The van der Waals surface area contributed by atoms with Gasteiger partial charge >= 0.3 is 6.09 Å². The van der Waals surface area contributed by atoms with E-state index < -0.39 is 5.60 Å². The Balaban J connectivity index is 1.40. The molecule has 0 atom stereocenters. The first kappa shape index (κ1) is 22.6. The highest BCUT2D eigenvalue weighted by Gasteiger charge is 2.28. The van der Waals surface area contributed by atoms with Crippen LogP contribution in [-0.2, 0) is 4.74 Å². The quantitative estimate of drug-likeness (QED) is 0.631. The van der Waals surface area contributed by atoms with Crippen LogP contribution in [0.2, 0.25) is 0 Å². The van der Waals surface area contributed by atoms with Crippen molar-refractivity contribution in [1.29, 1.82) is 0 Å². The van der Waals surface area contributed by atoms with Gasteiger partial charge in [0.05, 0.1) is 11.2 Å². The molecule has 2 aromatic carbocycles. The van der Waals surface area contributed by atoms with Gasteiger partial charge in [-0.25, -0.2) is 4.79 Å². The molecule has 3 aromatic rings. The summed E-state index contributed by atoms with van der Waals surface area (Å²) in [6.45, 7) is 9.43. The summed E-state index contributed by atoms with van der Waals surface area (Å²) in [4.78, 5) is 28.8. The molecule has 1 aromatic heterocycles. The first-order chi connectivity index (χ1) is 15.7. The number of benzene rings is 2. The van der Waals surface area contributed by atoms with Crippen molar-refractivity contribution >= 4 is 35.1 Å². The Hall–Kier alpha value is -3.61. The Morgan fingerprint density at radius 2 is 1.70 bits per heavy atom. The van der Waals surface area contributed by atoms with Crippen LogP contribution < -0.4 is 0 Å². The van der Waals surface area contributed by atoms with Crippen molar-refractivity contribution < 1.29 is 14.3 Å². The molecule has 2 amide bonds. The summed E-state index contributed by atoms with van der Waals surface area (Å²) in [6.07, 6.45) is 3.65. The van der Waals surface area contributed by atoms with Crippen LogP contribution in [0.4, 0.5) is 4.79 Å². The zero-order valence-corrected chi connectivity index (χ0v) is 19.6. The number of amides is 2. The van der Waals surface area contributed by atoms with E-state index in [1.165, 1.54) is 0 Å². The number of nitrogens with one attached hydrogen (secondary N) is 1. The highest BCUT2D eigenvalue weighted by atomic mass is 16.6. The first-order valence-electron chi connectivity index (χ1n) is 11.2. The number of nitrogens with zero attached hydrogens (tertiary/aromatic N) is 3. The maximum absolute atomic E-state index is 13.1. The zero-order chi connectivity index (χ0) is 23.6. The minimum atomic E-state index is -0.526. The number of rotatable bonds is 3. The van der Waals surface area contributed by atoms with Crippen LogP contribution in [-0.4, -0.2) is 63.8 Å². The lowest BCUT2D eigenvalue weighted by atomic mass is 10.0. The van der Waals surface area contributed by atoms with Crippen molar-refractivity contribution in [1.82, 2.24) is 20.0 Å². The van der Waals surface area contributed by atoms with Crippen molar-refractivity contribution in [2.45, 2.75) is 33.3 Å². The highest BCUT2D eigenvalue weighted by Crippen LogP contribution is 2.20. The molecule has 0 bridgehead atoms. The number of para-hydroxylation sites is 1. The maximum Gasteiger partial charge on any atom is 0.410 e. The molecule has 7 nitrogen and oxygen atoms in total. The lowest BCUT2D eigenvalue weighted by Crippen LogP contribution is -2.51. The third kappa shape index (κ3) is 5.25. The van der Waals surface area contributed by atoms with E-state index >= 15 is 0 Å². The van der Waals surface area contributed by atoms with Gasteiger partial charge in [-0.1, -0.05) is 36.4 Å². The fourth-order valence-corrected chi connectivity index (χ4v) is 3.91. The number of ether oxygens (including phenoxy) is 1. The summed E-state index contributed by atoms with van der Waals surface area (Å²) in [5, 5.41) is 8.47. The number of carbonyl (C=O) groups excluding carboxylic acids is 2. The van der Waals surface area contributed by atoms with Crippen molar-refractivity contribution in [3.05, 3.63) is 64.8 Å². The van der Waals surface area contributed by atoms with E-state index in [2.05, 4.69) is 10.2 Å². The molecule has 0 radical (unpaired) electrons. The number of carbonyl (C=O) groups is 2. The predicted molar refractivity (Wildman–Crippen MR) is 130 cm³/mol. The highest BCUT2D eigenvalue weighted by molar-refractivity contribution is 5.96. The normalized spacial score (nSPS) is 14.8. The zero-order valence-electron chi connectivity index (χ0n) is 19.6. The molecule has 1 saturated heterocycles. The Bertz CT molecular complexity index is 1200. The summed E-state index contributed by atoms with van der Waals surface area (Å²) >= 11 is 0. The van der Waals surface area contributed by atoms with E-state index in [0.29, 0.717) is 31.7 Å². The van der Waals surface area contributed by atoms with Crippen LogP contribution >= 0.6 is 0 Å². The maximum atomic E-state index is 13.1. The second-order valence-corrected chi connectivity index (χ2v) is 9.32. The molecule has 0 unspecified atom stereocenters. The monoisotopic (exact) mass is 446 g/mol. The van der Waals surface area contributed by atoms with E-state index in [4.69, 9.17) is 4.74 Å². The molecule has 4 rings (SSSR count). The Kier molecular flexibility index (Phi) is 6.22. The Labute approximate surface area is 194 Å². The molecular weight excluding hydrogens is 416 g/mol. The van der Waals surface area contributed by atoms with Crippen LogP contribution in [0, 0.1) is 6.92 Å². The molecule has 1 fully saturated rings. The SMILES string of the molecule is Cc1cc(C=Cc2n[nH]c3ccccc23)ccc1C(=O)N1CCN(C(=O)OC(C)(C)C)CC1. The number of fused-ring (bicyclic) bond motifs is 1. The molecule has 0 aliphatic carbocycles. The molecule has 1 aliphatic rings. The molecule has 2 heterocycles. The first-order valence-corrected chi connectivity index (χ1v) is 11.2. The average molecular weight is 447 g/mol. The Morgan fingerprint density at radius 1 is 1.00 bits per heavy atom. The number of aryl methyl sites for hydroxylation is 1. The molecular formula is C26H30N4O3. The molecule has 0 spiro atoms. The average Bonchev–Trinajstić information content (AvgIpc) is 3.19. The number of H-pyrrole nitrogens is 1. The summed E-state index contributed by atoms with van der Waals surface area (Å²) in [7, 11) is 0. The van der Waals surface area contributed by atoms with Gasteiger partial charge in [-0.15, -0.1) is 0 Å². The minimum absolute atomic E-state index is 0.00911. The van der Waals surface area contributed by atoms with Crippen molar-refractivity contribution in [2.24, 2.45) is 0 Å². The molecule has 1 aliphatic heterocycles. The summed E-state index contributed by atoms with van der Waals surface area (Å²) < 4.78 is 5.43. The lowest BCUT2D eigenvalue weighted by molar-refractivity contribution is 0.0140. The number of aromatic nitrogens is 2. The van der Waals surface area contributed by atoms with Crippen LogP contribution in [0.25, 0.3) is 23.1 Å². The summed E-state index contributed by atoms with van der Waals surface area (Å²) in [5.41, 5.74) is 3.96. The van der Waals surface area contributed by atoms with Gasteiger partial charge in [0, 0.05) is 37.1 Å². The van der Waals surface area contributed by atoms with Crippen molar-refractivity contribution in [2.75, 3.05) is 26.2 Å². The van der Waals surface area contributed by atoms with Crippen LogP contribution in [0.5, 0.6) is 0 Å². The lowest BCUT2D eigenvalue weighted by Gasteiger charge is -2.35. The fourth-order valence-electron chi connectivity index (χ4n) is 3.91. The second kappa shape index (κ2) is 9.10. The van der Waals surface area contributed by atoms with Crippen molar-refractivity contribution in [3.63, 3.8) is 0 Å². The predicted octanol–water partition coefficient (Wildman–Crippen LogP) is 4.73. The van der Waals surface area contributed by atoms with Gasteiger partial charge in [0.1, 0.15) is 5.60 Å². The van der Waals surface area contributed by atoms with Gasteiger partial charge in [0.25, 0.3) is 5.91 Å². The van der Waals surface area contributed by atoms with Gasteiger partial charge in [0.2, 0.25) is 0 Å². The molecule has 33 heavy (non-hydrogen) atoms. The number of piperazine rings is 1. The van der Waals surface area contributed by atoms with Gasteiger partial charge in [-0.05, 0) is 57.0 Å². The van der Waals surface area contributed by atoms with Gasteiger partial charge in [-0.3, -0.25) is 9.89 Å². The smallest absolute Gasteiger partial charge is 0.410 e. The molecule has 0 saturated carbocycles. The standard InChI is InChI=1S/C26H30N4O3/c1-18-17-19(10-12-23-21-7-5-6-8-22(21)27-28-23)9-11-20(18)24(31)29-13-15-30(16-14-29)25(32)33-26(2,3)4/h5-12,17H,13-16H2,1-4H3,(H,27,28). The number of hydrogen-bond donors (Lipinski definition) is 1. The van der Waals surface area contributed by atoms with Crippen LogP contribution in [0.15, 0.2) is 42.5 Å². The molecule has 7 heteroatoms. The molecule has 1 N–H and O–H groups in total. The van der Waals surface area contributed by atoms with Crippen molar-refractivity contribution in [3.8, 4) is 0 Å². The summed E-state index contributed by atoms with van der Waals surface area (Å²) in [5.74, 6) is -0.00911. The van der Waals surface area contributed by atoms with E-state index in [-0.39, 0.29) is 12.0 Å². The third-order valence-corrected chi connectivity index (χ3v) is 5.63. The largest absolute Gasteiger partial charge is 0.444 e. The fraction of sp³-hybridized carbons (Fsp3) is 0.346. The second-order valence-electron chi connectivity index (χ2n) is 9.32. The van der Waals surface area contributed by atoms with E-state index in [1.807, 2.05) is 82.3 Å². The minimum Gasteiger partial charge on any atom is -0.444 e. The number of hydrogen-bond acceptors (Lipinski definition) is 4. The Morgan fingerprint density at radius 3 is 2.39 bits per heavy atom. The van der Waals surface area contributed by atoms with Gasteiger partial charge in [0.15, 0.2) is 0 Å². The van der Waals surface area contributed by atoms with Crippen LogP contribution in [0.1, 0.15) is 48.0 Å².